The Morgan fingerprint density at radius 3 is 2.89 bits per heavy atom. The molecule has 1 atom stereocenters. The first-order valence-corrected chi connectivity index (χ1v) is 6.99. The molecule has 1 fully saturated rings. The zero-order valence-corrected chi connectivity index (χ0v) is 11.0. The number of rotatable bonds is 7. The molecule has 2 N–H and O–H groups in total. The predicted molar refractivity (Wildman–Crippen MR) is 74.7 cm³/mol. The van der Waals surface area contributed by atoms with Gasteiger partial charge in [0.15, 0.2) is 0 Å². The lowest BCUT2D eigenvalue weighted by molar-refractivity contribution is 0.281. The number of nitrogens with one attached hydrogen (secondary N) is 1. The third-order valence-electron chi connectivity index (χ3n) is 3.60. The molecule has 0 spiro atoms. The lowest BCUT2D eigenvalue weighted by Gasteiger charge is -2.16. The first-order valence-electron chi connectivity index (χ1n) is 6.99. The minimum Gasteiger partial charge on any atom is -0.396 e. The molecule has 1 heterocycles. The van der Waals surface area contributed by atoms with E-state index in [1.165, 1.54) is 18.5 Å². The molecule has 0 aliphatic carbocycles. The Morgan fingerprint density at radius 1 is 1.28 bits per heavy atom. The molecule has 2 rings (SSSR count). The molecule has 0 radical (unpaired) electrons. The second kappa shape index (κ2) is 7.52. The number of aliphatic hydroxyl groups excluding tert-OH is 1. The molecular weight excluding hydrogens is 224 g/mol. The van der Waals surface area contributed by atoms with Crippen molar-refractivity contribution in [2.45, 2.75) is 25.3 Å². The molecule has 3 heteroatoms. The van der Waals surface area contributed by atoms with E-state index in [1.54, 1.807) is 0 Å². The van der Waals surface area contributed by atoms with E-state index in [0.717, 1.165) is 32.5 Å². The molecule has 3 nitrogen and oxygen atoms in total. The Bertz CT molecular complexity index is 329. The summed E-state index contributed by atoms with van der Waals surface area (Å²) in [5.41, 5.74) is 1.43. The van der Waals surface area contributed by atoms with E-state index in [0.29, 0.717) is 6.04 Å². The molecule has 0 aromatic heterocycles. The minimum absolute atomic E-state index is 0.289. The molecular formula is C15H24N2O. The van der Waals surface area contributed by atoms with Crippen LogP contribution in [0.3, 0.4) is 0 Å². The van der Waals surface area contributed by atoms with Crippen molar-refractivity contribution < 1.29 is 5.11 Å². The Hall–Kier alpha value is -0.900. The monoisotopic (exact) mass is 248 g/mol. The number of hydrogen-bond donors (Lipinski definition) is 2. The standard InChI is InChI=1S/C15H24N2O/c18-12-4-9-16-15-8-11-17(13-15)10-7-14-5-2-1-3-6-14/h1-3,5-6,15-16,18H,4,7-13H2. The molecule has 0 amide bonds. The van der Waals surface area contributed by atoms with E-state index in [9.17, 15) is 0 Å². The van der Waals surface area contributed by atoms with Crippen LogP contribution in [0.25, 0.3) is 0 Å². The van der Waals surface area contributed by atoms with E-state index in [2.05, 4.69) is 40.5 Å². The first kappa shape index (κ1) is 13.5. The highest BCUT2D eigenvalue weighted by Crippen LogP contribution is 2.10. The van der Waals surface area contributed by atoms with Crippen LogP contribution in [0, 0.1) is 0 Å². The molecule has 0 saturated carbocycles. The summed E-state index contributed by atoms with van der Waals surface area (Å²) in [6.45, 7) is 4.73. The van der Waals surface area contributed by atoms with Crippen molar-refractivity contribution in [1.82, 2.24) is 10.2 Å². The number of benzene rings is 1. The van der Waals surface area contributed by atoms with E-state index < -0.39 is 0 Å². The van der Waals surface area contributed by atoms with Gasteiger partial charge in [0.2, 0.25) is 0 Å². The Morgan fingerprint density at radius 2 is 2.11 bits per heavy atom. The zero-order valence-electron chi connectivity index (χ0n) is 11.0. The number of aliphatic hydroxyl groups is 1. The van der Waals surface area contributed by atoms with Gasteiger partial charge < -0.3 is 15.3 Å². The molecule has 1 aromatic rings. The molecule has 1 saturated heterocycles. The van der Waals surface area contributed by atoms with E-state index >= 15 is 0 Å². The summed E-state index contributed by atoms with van der Waals surface area (Å²) in [6.07, 6.45) is 3.24. The average Bonchev–Trinajstić information content (AvgIpc) is 2.86. The van der Waals surface area contributed by atoms with Crippen LogP contribution in [0.1, 0.15) is 18.4 Å². The predicted octanol–water partition coefficient (Wildman–Crippen LogP) is 1.28. The maximum Gasteiger partial charge on any atom is 0.0443 e. The quantitative estimate of drug-likeness (QED) is 0.714. The summed E-state index contributed by atoms with van der Waals surface area (Å²) in [5.74, 6) is 0. The van der Waals surface area contributed by atoms with E-state index in [-0.39, 0.29) is 6.61 Å². The largest absolute Gasteiger partial charge is 0.396 e. The molecule has 100 valence electrons. The fraction of sp³-hybridized carbons (Fsp3) is 0.600. The summed E-state index contributed by atoms with van der Waals surface area (Å²) in [6, 6.07) is 11.3. The van der Waals surface area contributed by atoms with Crippen molar-refractivity contribution in [2.24, 2.45) is 0 Å². The molecule has 0 bridgehead atoms. The van der Waals surface area contributed by atoms with Crippen LogP contribution in [-0.2, 0) is 6.42 Å². The van der Waals surface area contributed by atoms with Crippen LogP contribution in [0.2, 0.25) is 0 Å². The fourth-order valence-corrected chi connectivity index (χ4v) is 2.52. The van der Waals surface area contributed by atoms with Gasteiger partial charge in [-0.3, -0.25) is 0 Å². The molecule has 1 unspecified atom stereocenters. The topological polar surface area (TPSA) is 35.5 Å². The van der Waals surface area contributed by atoms with Gasteiger partial charge in [-0.05, 0) is 37.9 Å². The number of nitrogens with zero attached hydrogens (tertiary/aromatic N) is 1. The van der Waals surface area contributed by atoms with E-state index in [1.807, 2.05) is 0 Å². The van der Waals surface area contributed by atoms with Gasteiger partial charge in [-0.2, -0.15) is 0 Å². The molecule has 1 aliphatic heterocycles. The molecule has 1 aliphatic rings. The van der Waals surface area contributed by atoms with Crippen LogP contribution in [0.5, 0.6) is 0 Å². The summed E-state index contributed by atoms with van der Waals surface area (Å²) >= 11 is 0. The van der Waals surface area contributed by atoms with Crippen molar-refractivity contribution in [3.63, 3.8) is 0 Å². The summed E-state index contributed by atoms with van der Waals surface area (Å²) < 4.78 is 0. The highest BCUT2D eigenvalue weighted by Gasteiger charge is 2.20. The van der Waals surface area contributed by atoms with Gasteiger partial charge in [0.25, 0.3) is 0 Å². The first-order chi connectivity index (χ1) is 8.88. The highest BCUT2D eigenvalue weighted by atomic mass is 16.3. The summed E-state index contributed by atoms with van der Waals surface area (Å²) in [4.78, 5) is 2.53. The van der Waals surface area contributed by atoms with Gasteiger partial charge in [0, 0.05) is 25.7 Å². The second-order valence-corrected chi connectivity index (χ2v) is 5.05. The third kappa shape index (κ3) is 4.41. The lowest BCUT2D eigenvalue weighted by Crippen LogP contribution is -2.34. The van der Waals surface area contributed by atoms with Crippen LogP contribution < -0.4 is 5.32 Å². The van der Waals surface area contributed by atoms with Gasteiger partial charge in [-0.25, -0.2) is 0 Å². The molecule has 18 heavy (non-hydrogen) atoms. The smallest absolute Gasteiger partial charge is 0.0443 e. The van der Waals surface area contributed by atoms with Gasteiger partial charge in [0.1, 0.15) is 0 Å². The van der Waals surface area contributed by atoms with Crippen molar-refractivity contribution in [3.05, 3.63) is 35.9 Å². The Labute approximate surface area is 110 Å². The van der Waals surface area contributed by atoms with Gasteiger partial charge >= 0.3 is 0 Å². The van der Waals surface area contributed by atoms with Crippen LogP contribution >= 0.6 is 0 Å². The van der Waals surface area contributed by atoms with Gasteiger partial charge in [0.05, 0.1) is 0 Å². The SMILES string of the molecule is OCCCNC1CCN(CCc2ccccc2)C1. The normalized spacial score (nSPS) is 20.4. The Balaban J connectivity index is 1.64. The second-order valence-electron chi connectivity index (χ2n) is 5.05. The van der Waals surface area contributed by atoms with Gasteiger partial charge in [-0.1, -0.05) is 30.3 Å². The van der Waals surface area contributed by atoms with Crippen LogP contribution in [0.4, 0.5) is 0 Å². The lowest BCUT2D eigenvalue weighted by atomic mass is 10.1. The number of likely N-dealkylation sites (tertiary alicyclic amines) is 1. The van der Waals surface area contributed by atoms with Crippen molar-refractivity contribution in [1.29, 1.82) is 0 Å². The minimum atomic E-state index is 0.289. The van der Waals surface area contributed by atoms with Crippen molar-refractivity contribution in [3.8, 4) is 0 Å². The molecule has 1 aromatic carbocycles. The summed E-state index contributed by atoms with van der Waals surface area (Å²) in [7, 11) is 0. The maximum absolute atomic E-state index is 8.75. The number of hydrogen-bond acceptors (Lipinski definition) is 3. The van der Waals surface area contributed by atoms with Crippen LogP contribution in [0.15, 0.2) is 30.3 Å². The van der Waals surface area contributed by atoms with Gasteiger partial charge in [-0.15, -0.1) is 0 Å². The van der Waals surface area contributed by atoms with E-state index in [4.69, 9.17) is 5.11 Å². The summed E-state index contributed by atoms with van der Waals surface area (Å²) in [5, 5.41) is 12.3. The van der Waals surface area contributed by atoms with Crippen molar-refractivity contribution >= 4 is 0 Å². The maximum atomic E-state index is 8.75. The average molecular weight is 248 g/mol. The third-order valence-corrected chi connectivity index (χ3v) is 3.60. The van der Waals surface area contributed by atoms with Crippen LogP contribution in [-0.4, -0.2) is 48.8 Å². The highest BCUT2D eigenvalue weighted by molar-refractivity contribution is 5.14. The fourth-order valence-electron chi connectivity index (χ4n) is 2.52. The zero-order chi connectivity index (χ0) is 12.6. The Kier molecular flexibility index (Phi) is 5.65. The van der Waals surface area contributed by atoms with Crippen molar-refractivity contribution in [2.75, 3.05) is 32.8 Å².